The Labute approximate surface area is 91.0 Å². The Kier molecular flexibility index (Phi) is 3.78. The number of urea groups is 1. The van der Waals surface area contributed by atoms with Crippen molar-refractivity contribution >= 4 is 11.9 Å². The van der Waals surface area contributed by atoms with Crippen LogP contribution in [0.2, 0.25) is 0 Å². The topological polar surface area (TPSA) is 120 Å². The van der Waals surface area contributed by atoms with Crippen LogP contribution in [0.1, 0.15) is 5.56 Å². The Bertz CT molecular complexity index is 466. The van der Waals surface area contributed by atoms with E-state index < -0.39 is 11.9 Å². The summed E-state index contributed by atoms with van der Waals surface area (Å²) in [6.45, 7) is -0.174. The van der Waals surface area contributed by atoms with Crippen molar-refractivity contribution in [3.63, 3.8) is 0 Å². The molecule has 0 bridgehead atoms. The Morgan fingerprint density at radius 2 is 2.12 bits per heavy atom. The number of nitrogens with zero attached hydrogens (tertiary/aromatic N) is 1. The van der Waals surface area contributed by atoms with Crippen LogP contribution >= 0.6 is 0 Å². The van der Waals surface area contributed by atoms with Crippen molar-refractivity contribution in [2.24, 2.45) is 11.5 Å². The first-order valence-electron chi connectivity index (χ1n) is 4.52. The lowest BCUT2D eigenvalue weighted by molar-refractivity contribution is -0.120. The third-order valence-electron chi connectivity index (χ3n) is 1.90. The highest BCUT2D eigenvalue weighted by Gasteiger charge is 2.07. The molecule has 0 spiro atoms. The van der Waals surface area contributed by atoms with Crippen molar-refractivity contribution in [1.29, 1.82) is 0 Å². The molecule has 0 radical (unpaired) electrons. The van der Waals surface area contributed by atoms with Gasteiger partial charge in [0.25, 0.3) is 5.56 Å². The van der Waals surface area contributed by atoms with Crippen LogP contribution in [-0.4, -0.2) is 16.5 Å². The molecule has 0 aliphatic carbocycles. The van der Waals surface area contributed by atoms with Crippen molar-refractivity contribution in [2.75, 3.05) is 0 Å². The van der Waals surface area contributed by atoms with E-state index in [1.165, 1.54) is 6.20 Å². The number of hydrogen-bond donors (Lipinski definition) is 3. The summed E-state index contributed by atoms with van der Waals surface area (Å²) >= 11 is 0. The second-order valence-corrected chi connectivity index (χ2v) is 3.08. The van der Waals surface area contributed by atoms with E-state index in [-0.39, 0.29) is 18.6 Å². The number of nitrogens with one attached hydrogen (secondary N) is 1. The van der Waals surface area contributed by atoms with Crippen molar-refractivity contribution in [3.05, 3.63) is 34.2 Å². The molecule has 7 nitrogen and oxygen atoms in total. The minimum absolute atomic E-state index is 0.0944. The van der Waals surface area contributed by atoms with Crippen LogP contribution in [0.15, 0.2) is 23.1 Å². The average Bonchev–Trinajstić information content (AvgIpc) is 2.20. The lowest BCUT2D eigenvalue weighted by Gasteiger charge is -2.06. The highest BCUT2D eigenvalue weighted by Crippen LogP contribution is 1.90. The van der Waals surface area contributed by atoms with Crippen molar-refractivity contribution in [3.8, 4) is 0 Å². The summed E-state index contributed by atoms with van der Waals surface area (Å²) in [4.78, 5) is 33.2. The molecule has 1 heterocycles. The molecule has 0 aromatic carbocycles. The van der Waals surface area contributed by atoms with Gasteiger partial charge in [-0.25, -0.2) is 4.79 Å². The van der Waals surface area contributed by atoms with Crippen LogP contribution in [-0.2, 0) is 17.9 Å². The summed E-state index contributed by atoms with van der Waals surface area (Å²) in [5.74, 6) is -0.649. The molecule has 0 saturated carbocycles. The minimum atomic E-state index is -0.951. The van der Waals surface area contributed by atoms with E-state index in [9.17, 15) is 14.4 Å². The standard InChI is InChI=1S/C9H12N4O3/c10-4-6-2-1-3-13(8(6)15)5-7(14)12-9(11)16/h1-3H,4-5,10H2,(H3,11,12,14,16). The first-order valence-corrected chi connectivity index (χ1v) is 4.52. The summed E-state index contributed by atoms with van der Waals surface area (Å²) in [7, 11) is 0. The third-order valence-corrected chi connectivity index (χ3v) is 1.90. The van der Waals surface area contributed by atoms with Crippen LogP contribution in [0.5, 0.6) is 0 Å². The van der Waals surface area contributed by atoms with Gasteiger partial charge in [0, 0.05) is 18.3 Å². The highest BCUT2D eigenvalue weighted by atomic mass is 16.2. The summed E-state index contributed by atoms with van der Waals surface area (Å²) < 4.78 is 1.15. The SMILES string of the molecule is NCc1cccn(CC(=O)NC(N)=O)c1=O. The Morgan fingerprint density at radius 3 is 2.69 bits per heavy atom. The Hall–Kier alpha value is -2.15. The smallest absolute Gasteiger partial charge is 0.318 e. The maximum Gasteiger partial charge on any atom is 0.318 e. The zero-order valence-electron chi connectivity index (χ0n) is 8.47. The largest absolute Gasteiger partial charge is 0.351 e. The van der Waals surface area contributed by atoms with E-state index in [1.807, 2.05) is 5.32 Å². The maximum atomic E-state index is 11.6. The molecule has 0 unspecified atom stereocenters. The second kappa shape index (κ2) is 5.08. The average molecular weight is 224 g/mol. The normalized spacial score (nSPS) is 9.81. The quantitative estimate of drug-likeness (QED) is 0.578. The fraction of sp³-hybridized carbons (Fsp3) is 0.222. The van der Waals surface area contributed by atoms with E-state index in [0.29, 0.717) is 5.56 Å². The molecule has 86 valence electrons. The molecule has 0 aliphatic rings. The van der Waals surface area contributed by atoms with Crippen LogP contribution < -0.4 is 22.3 Å². The molecule has 1 aromatic rings. The molecule has 0 atom stereocenters. The van der Waals surface area contributed by atoms with Gasteiger partial charge >= 0.3 is 6.03 Å². The first-order chi connectivity index (χ1) is 7.54. The van der Waals surface area contributed by atoms with Crippen molar-refractivity contribution in [2.45, 2.75) is 13.1 Å². The molecule has 0 aliphatic heterocycles. The molecule has 3 amide bonds. The van der Waals surface area contributed by atoms with Gasteiger partial charge in [-0.15, -0.1) is 0 Å². The van der Waals surface area contributed by atoms with Crippen molar-refractivity contribution < 1.29 is 9.59 Å². The van der Waals surface area contributed by atoms with Gasteiger partial charge in [0.15, 0.2) is 0 Å². The summed E-state index contributed by atoms with van der Waals surface area (Å²) in [6, 6.07) is 2.22. The van der Waals surface area contributed by atoms with Gasteiger partial charge in [0.1, 0.15) is 6.54 Å². The molecule has 1 rings (SSSR count). The number of primary amides is 1. The lowest BCUT2D eigenvalue weighted by atomic mass is 10.3. The number of rotatable bonds is 3. The molecule has 7 heteroatoms. The van der Waals surface area contributed by atoms with E-state index in [0.717, 1.165) is 4.57 Å². The van der Waals surface area contributed by atoms with Crippen LogP contribution in [0, 0.1) is 0 Å². The van der Waals surface area contributed by atoms with Crippen LogP contribution in [0.3, 0.4) is 0 Å². The van der Waals surface area contributed by atoms with Gasteiger partial charge in [0.05, 0.1) is 0 Å². The van der Waals surface area contributed by atoms with E-state index >= 15 is 0 Å². The first kappa shape index (κ1) is 11.9. The number of aromatic nitrogens is 1. The number of pyridine rings is 1. The molecular formula is C9H12N4O3. The zero-order valence-corrected chi connectivity index (χ0v) is 8.47. The predicted octanol–water partition coefficient (Wildman–Crippen LogP) is -1.50. The fourth-order valence-electron chi connectivity index (χ4n) is 1.20. The maximum absolute atomic E-state index is 11.6. The predicted molar refractivity (Wildman–Crippen MR) is 56.3 cm³/mol. The Balaban J connectivity index is 2.86. The van der Waals surface area contributed by atoms with Gasteiger partial charge < -0.3 is 16.0 Å². The van der Waals surface area contributed by atoms with E-state index in [1.54, 1.807) is 12.1 Å². The highest BCUT2D eigenvalue weighted by molar-refractivity contribution is 5.93. The van der Waals surface area contributed by atoms with Crippen LogP contribution in [0.25, 0.3) is 0 Å². The third kappa shape index (κ3) is 2.92. The van der Waals surface area contributed by atoms with Crippen LogP contribution in [0.4, 0.5) is 4.79 Å². The zero-order chi connectivity index (χ0) is 12.1. The van der Waals surface area contributed by atoms with E-state index in [4.69, 9.17) is 11.5 Å². The lowest BCUT2D eigenvalue weighted by Crippen LogP contribution is -2.39. The number of carbonyl (C=O) groups is 2. The number of carbonyl (C=O) groups excluding carboxylic acids is 2. The molecular weight excluding hydrogens is 212 g/mol. The van der Waals surface area contributed by atoms with Crippen molar-refractivity contribution in [1.82, 2.24) is 9.88 Å². The van der Waals surface area contributed by atoms with Gasteiger partial charge in [0.2, 0.25) is 5.91 Å². The molecule has 16 heavy (non-hydrogen) atoms. The van der Waals surface area contributed by atoms with Gasteiger partial charge in [-0.3, -0.25) is 14.9 Å². The van der Waals surface area contributed by atoms with Gasteiger partial charge in [-0.2, -0.15) is 0 Å². The molecule has 5 N–H and O–H groups in total. The van der Waals surface area contributed by atoms with Gasteiger partial charge in [-0.1, -0.05) is 6.07 Å². The number of hydrogen-bond acceptors (Lipinski definition) is 4. The minimum Gasteiger partial charge on any atom is -0.351 e. The summed E-state index contributed by atoms with van der Waals surface area (Å²) in [6.07, 6.45) is 1.43. The summed E-state index contributed by atoms with van der Waals surface area (Å²) in [5.41, 5.74) is 10.1. The number of nitrogens with two attached hydrogens (primary N) is 2. The Morgan fingerprint density at radius 1 is 1.44 bits per heavy atom. The number of imide groups is 1. The van der Waals surface area contributed by atoms with E-state index in [2.05, 4.69) is 0 Å². The molecule has 0 fully saturated rings. The molecule has 1 aromatic heterocycles. The van der Waals surface area contributed by atoms with Gasteiger partial charge in [-0.05, 0) is 6.07 Å². The fourth-order valence-corrected chi connectivity index (χ4v) is 1.20. The second-order valence-electron chi connectivity index (χ2n) is 3.08. The summed E-state index contributed by atoms with van der Waals surface area (Å²) in [5, 5.41) is 1.86. The monoisotopic (exact) mass is 224 g/mol. The molecule has 0 saturated heterocycles. The number of amides is 3.